The van der Waals surface area contributed by atoms with Crippen LogP contribution in [0.2, 0.25) is 0 Å². The number of benzene rings is 1. The molecule has 0 radical (unpaired) electrons. The summed E-state index contributed by atoms with van der Waals surface area (Å²) in [5.74, 6) is 1.05. The number of rotatable bonds is 7. The van der Waals surface area contributed by atoms with Crippen molar-refractivity contribution < 1.29 is 8.91 Å². The van der Waals surface area contributed by atoms with Crippen LogP contribution in [0.3, 0.4) is 0 Å². The van der Waals surface area contributed by atoms with Crippen LogP contribution < -0.4 is 0 Å². The van der Waals surface area contributed by atoms with Crippen LogP contribution in [0.5, 0.6) is 0 Å². The molecule has 0 bridgehead atoms. The third kappa shape index (κ3) is 4.30. The standard InChI is InChI=1S/C18H22FN5O/c1-12(18-20-13(2)23-25-18)24(3)10-4-5-16-11-17(22-21-16)14-6-8-15(19)9-7-14/h6-9,11-12H,4-5,10H2,1-3H3,(H,21,22). The van der Waals surface area contributed by atoms with E-state index in [0.29, 0.717) is 11.7 Å². The number of H-pyrrole nitrogens is 1. The molecule has 132 valence electrons. The molecule has 6 nitrogen and oxygen atoms in total. The molecule has 1 unspecified atom stereocenters. The van der Waals surface area contributed by atoms with Crippen LogP contribution in [0, 0.1) is 12.7 Å². The molecule has 0 aliphatic carbocycles. The molecule has 0 saturated carbocycles. The van der Waals surface area contributed by atoms with Gasteiger partial charge in [0.2, 0.25) is 5.89 Å². The Labute approximate surface area is 146 Å². The maximum atomic E-state index is 13.0. The zero-order chi connectivity index (χ0) is 17.8. The van der Waals surface area contributed by atoms with Gasteiger partial charge in [-0.25, -0.2) is 4.39 Å². The predicted molar refractivity (Wildman–Crippen MR) is 92.4 cm³/mol. The van der Waals surface area contributed by atoms with Gasteiger partial charge in [0.1, 0.15) is 5.82 Å². The van der Waals surface area contributed by atoms with E-state index < -0.39 is 0 Å². The minimum atomic E-state index is -0.242. The largest absolute Gasteiger partial charge is 0.338 e. The summed E-state index contributed by atoms with van der Waals surface area (Å²) in [5.41, 5.74) is 2.80. The molecular weight excluding hydrogens is 321 g/mol. The topological polar surface area (TPSA) is 70.8 Å². The second kappa shape index (κ2) is 7.57. The minimum Gasteiger partial charge on any atom is -0.338 e. The van der Waals surface area contributed by atoms with E-state index in [1.165, 1.54) is 12.1 Å². The third-order valence-electron chi connectivity index (χ3n) is 4.29. The number of nitrogens with one attached hydrogen (secondary N) is 1. The van der Waals surface area contributed by atoms with E-state index in [9.17, 15) is 4.39 Å². The SMILES string of the molecule is Cc1noc(C(C)N(C)CCCc2cc(-c3ccc(F)cc3)n[nH]2)n1. The van der Waals surface area contributed by atoms with Crippen molar-refractivity contribution in [2.45, 2.75) is 32.7 Å². The number of halogens is 1. The fraction of sp³-hybridized carbons (Fsp3) is 0.389. The number of aryl methyl sites for hydroxylation is 2. The van der Waals surface area contributed by atoms with E-state index >= 15 is 0 Å². The van der Waals surface area contributed by atoms with Crippen molar-refractivity contribution in [3.8, 4) is 11.3 Å². The van der Waals surface area contributed by atoms with Crippen LogP contribution in [0.25, 0.3) is 11.3 Å². The molecule has 0 saturated heterocycles. The van der Waals surface area contributed by atoms with Gasteiger partial charge in [-0.3, -0.25) is 10.00 Å². The fourth-order valence-corrected chi connectivity index (χ4v) is 2.64. The molecule has 3 rings (SSSR count). The molecule has 7 heteroatoms. The van der Waals surface area contributed by atoms with Gasteiger partial charge in [-0.05, 0) is 70.6 Å². The molecule has 1 aromatic carbocycles. The van der Waals surface area contributed by atoms with Crippen molar-refractivity contribution in [3.63, 3.8) is 0 Å². The Kier molecular flexibility index (Phi) is 5.23. The van der Waals surface area contributed by atoms with E-state index in [0.717, 1.165) is 36.3 Å². The van der Waals surface area contributed by atoms with Crippen LogP contribution >= 0.6 is 0 Å². The molecule has 2 heterocycles. The normalized spacial score (nSPS) is 12.7. The Morgan fingerprint density at radius 3 is 2.72 bits per heavy atom. The molecule has 2 aromatic heterocycles. The van der Waals surface area contributed by atoms with Crippen molar-refractivity contribution in [2.24, 2.45) is 0 Å². The summed E-state index contributed by atoms with van der Waals surface area (Å²) in [6.07, 6.45) is 1.85. The first-order valence-electron chi connectivity index (χ1n) is 8.33. The Hall–Kier alpha value is -2.54. The molecule has 0 spiro atoms. The fourth-order valence-electron chi connectivity index (χ4n) is 2.64. The van der Waals surface area contributed by atoms with Crippen molar-refractivity contribution >= 4 is 0 Å². The second-order valence-electron chi connectivity index (χ2n) is 6.23. The van der Waals surface area contributed by atoms with E-state index in [4.69, 9.17) is 4.52 Å². The van der Waals surface area contributed by atoms with E-state index in [1.807, 2.05) is 20.0 Å². The first kappa shape index (κ1) is 17.3. The Morgan fingerprint density at radius 2 is 2.04 bits per heavy atom. The van der Waals surface area contributed by atoms with Crippen molar-refractivity contribution in [2.75, 3.05) is 13.6 Å². The molecule has 0 aliphatic heterocycles. The van der Waals surface area contributed by atoms with Gasteiger partial charge < -0.3 is 4.52 Å². The summed E-state index contributed by atoms with van der Waals surface area (Å²) in [4.78, 5) is 6.46. The number of hydrogen-bond acceptors (Lipinski definition) is 5. The maximum Gasteiger partial charge on any atom is 0.243 e. The minimum absolute atomic E-state index is 0.0812. The molecule has 0 aliphatic rings. The lowest BCUT2D eigenvalue weighted by Gasteiger charge is -2.21. The second-order valence-corrected chi connectivity index (χ2v) is 6.23. The van der Waals surface area contributed by atoms with Gasteiger partial charge >= 0.3 is 0 Å². The quantitative estimate of drug-likeness (QED) is 0.710. The molecule has 0 amide bonds. The van der Waals surface area contributed by atoms with Gasteiger partial charge in [0, 0.05) is 11.3 Å². The Morgan fingerprint density at radius 1 is 1.28 bits per heavy atom. The number of hydrogen-bond donors (Lipinski definition) is 1. The lowest BCUT2D eigenvalue weighted by atomic mass is 10.1. The maximum absolute atomic E-state index is 13.0. The average molecular weight is 343 g/mol. The number of aromatic nitrogens is 4. The first-order valence-corrected chi connectivity index (χ1v) is 8.33. The highest BCUT2D eigenvalue weighted by molar-refractivity contribution is 5.58. The summed E-state index contributed by atoms with van der Waals surface area (Å²) in [6.45, 7) is 4.76. The van der Waals surface area contributed by atoms with E-state index in [1.54, 1.807) is 12.1 Å². The van der Waals surface area contributed by atoms with E-state index in [-0.39, 0.29) is 11.9 Å². The number of aromatic amines is 1. The van der Waals surface area contributed by atoms with Crippen LogP contribution in [-0.2, 0) is 6.42 Å². The molecule has 3 aromatic rings. The first-order chi connectivity index (χ1) is 12.0. The van der Waals surface area contributed by atoms with Gasteiger partial charge in [0.15, 0.2) is 5.82 Å². The highest BCUT2D eigenvalue weighted by atomic mass is 19.1. The van der Waals surface area contributed by atoms with Crippen molar-refractivity contribution in [1.82, 2.24) is 25.2 Å². The van der Waals surface area contributed by atoms with Gasteiger partial charge in [-0.1, -0.05) is 5.16 Å². The lowest BCUT2D eigenvalue weighted by molar-refractivity contribution is 0.207. The smallest absolute Gasteiger partial charge is 0.243 e. The van der Waals surface area contributed by atoms with Gasteiger partial charge in [-0.15, -0.1) is 0 Å². The summed E-state index contributed by atoms with van der Waals surface area (Å²) >= 11 is 0. The Balaban J connectivity index is 1.51. The molecule has 1 atom stereocenters. The molecule has 1 N–H and O–H groups in total. The molecule has 0 fully saturated rings. The zero-order valence-electron chi connectivity index (χ0n) is 14.7. The number of nitrogens with zero attached hydrogens (tertiary/aromatic N) is 4. The Bertz CT molecular complexity index is 811. The van der Waals surface area contributed by atoms with Crippen LogP contribution in [-0.4, -0.2) is 38.8 Å². The van der Waals surface area contributed by atoms with Crippen LogP contribution in [0.15, 0.2) is 34.9 Å². The third-order valence-corrected chi connectivity index (χ3v) is 4.29. The van der Waals surface area contributed by atoms with Gasteiger partial charge in [0.25, 0.3) is 0 Å². The molecular formula is C18H22FN5O. The lowest BCUT2D eigenvalue weighted by Crippen LogP contribution is -2.24. The van der Waals surface area contributed by atoms with Gasteiger partial charge in [0.05, 0.1) is 11.7 Å². The van der Waals surface area contributed by atoms with Crippen molar-refractivity contribution in [1.29, 1.82) is 0 Å². The zero-order valence-corrected chi connectivity index (χ0v) is 14.7. The van der Waals surface area contributed by atoms with Crippen LogP contribution in [0.1, 0.15) is 36.8 Å². The highest BCUT2D eigenvalue weighted by Crippen LogP contribution is 2.20. The van der Waals surface area contributed by atoms with Gasteiger partial charge in [-0.2, -0.15) is 10.1 Å². The summed E-state index contributed by atoms with van der Waals surface area (Å²) < 4.78 is 18.2. The summed E-state index contributed by atoms with van der Waals surface area (Å²) in [6, 6.07) is 8.45. The highest BCUT2D eigenvalue weighted by Gasteiger charge is 2.17. The van der Waals surface area contributed by atoms with Crippen LogP contribution in [0.4, 0.5) is 4.39 Å². The molecule has 25 heavy (non-hydrogen) atoms. The van der Waals surface area contributed by atoms with E-state index in [2.05, 4.69) is 32.2 Å². The van der Waals surface area contributed by atoms with Crippen molar-refractivity contribution in [3.05, 3.63) is 53.6 Å². The predicted octanol–water partition coefficient (Wildman–Crippen LogP) is 3.53. The summed E-state index contributed by atoms with van der Waals surface area (Å²) in [5, 5.41) is 11.2. The summed E-state index contributed by atoms with van der Waals surface area (Å²) in [7, 11) is 2.04. The monoisotopic (exact) mass is 343 g/mol. The average Bonchev–Trinajstić information content (AvgIpc) is 3.24.